The smallest absolute Gasteiger partial charge is 0.274 e. The summed E-state index contributed by atoms with van der Waals surface area (Å²) in [5.41, 5.74) is 4.12. The Kier molecular flexibility index (Phi) is 7.56. The van der Waals surface area contributed by atoms with Gasteiger partial charge in [-0.2, -0.15) is 5.26 Å². The van der Waals surface area contributed by atoms with Crippen molar-refractivity contribution in [3.63, 3.8) is 0 Å². The fourth-order valence-electron chi connectivity index (χ4n) is 3.84. The zero-order valence-corrected chi connectivity index (χ0v) is 20.2. The van der Waals surface area contributed by atoms with Crippen LogP contribution >= 0.6 is 0 Å². The average Bonchev–Trinajstić information content (AvgIpc) is 3.13. The van der Waals surface area contributed by atoms with E-state index in [2.05, 4.69) is 5.32 Å². The molecular weight excluding hydrogens is 448 g/mol. The van der Waals surface area contributed by atoms with Crippen molar-refractivity contribution in [3.8, 4) is 23.3 Å². The summed E-state index contributed by atoms with van der Waals surface area (Å²) in [5, 5.41) is 23.8. The molecule has 1 heterocycles. The van der Waals surface area contributed by atoms with Gasteiger partial charge in [-0.1, -0.05) is 6.07 Å². The van der Waals surface area contributed by atoms with Crippen LogP contribution in [-0.4, -0.2) is 29.6 Å². The second-order valence-electron chi connectivity index (χ2n) is 7.92. The lowest BCUT2D eigenvalue weighted by Crippen LogP contribution is -2.24. The maximum absolute atomic E-state index is 12.8. The van der Waals surface area contributed by atoms with E-state index >= 15 is 0 Å². The lowest BCUT2D eigenvalue weighted by molar-refractivity contribution is -0.385. The monoisotopic (exact) mass is 474 g/mol. The molecule has 0 saturated carbocycles. The lowest BCUT2D eigenvalue weighted by atomic mass is 10.1. The summed E-state index contributed by atoms with van der Waals surface area (Å²) in [6.45, 7) is 5.54. The summed E-state index contributed by atoms with van der Waals surface area (Å²) >= 11 is 0. The van der Waals surface area contributed by atoms with E-state index in [4.69, 9.17) is 9.47 Å². The molecule has 0 atom stereocenters. The number of ether oxygens (including phenoxy) is 2. The first-order valence-electron chi connectivity index (χ1n) is 10.7. The molecule has 0 aliphatic carbocycles. The van der Waals surface area contributed by atoms with Gasteiger partial charge >= 0.3 is 0 Å². The summed E-state index contributed by atoms with van der Waals surface area (Å²) in [5.74, 6) is 0.660. The Morgan fingerprint density at radius 1 is 1.14 bits per heavy atom. The molecule has 2 aromatic carbocycles. The summed E-state index contributed by atoms with van der Waals surface area (Å²) in [7, 11) is 3.08. The van der Waals surface area contributed by atoms with Crippen LogP contribution in [0.3, 0.4) is 0 Å². The number of nitrogens with zero attached hydrogens (tertiary/aromatic N) is 3. The van der Waals surface area contributed by atoms with Crippen LogP contribution in [0, 0.1) is 42.2 Å². The number of methoxy groups -OCH3 is 2. The molecule has 3 aromatic rings. The van der Waals surface area contributed by atoms with Gasteiger partial charge in [0.1, 0.15) is 23.1 Å². The van der Waals surface area contributed by atoms with Gasteiger partial charge < -0.3 is 19.4 Å². The van der Waals surface area contributed by atoms with Crippen LogP contribution in [0.2, 0.25) is 0 Å². The number of carbonyl (C=O) groups is 1. The number of benzene rings is 2. The number of nitriles is 1. The van der Waals surface area contributed by atoms with E-state index in [1.54, 1.807) is 44.4 Å². The largest absolute Gasteiger partial charge is 0.497 e. The molecule has 1 N–H and O–H groups in total. The number of carbonyl (C=O) groups excluding carboxylic acids is 1. The van der Waals surface area contributed by atoms with Gasteiger partial charge in [0, 0.05) is 41.2 Å². The van der Waals surface area contributed by atoms with Crippen molar-refractivity contribution in [3.05, 3.63) is 86.2 Å². The van der Waals surface area contributed by atoms with Gasteiger partial charge in [-0.25, -0.2) is 0 Å². The number of aromatic nitrogens is 1. The Balaban J connectivity index is 1.87. The number of nitro benzene ring substituents is 1. The Bertz CT molecular complexity index is 1360. The zero-order valence-electron chi connectivity index (χ0n) is 20.2. The van der Waals surface area contributed by atoms with Crippen molar-refractivity contribution in [1.82, 2.24) is 9.88 Å². The minimum Gasteiger partial charge on any atom is -0.497 e. The van der Waals surface area contributed by atoms with Crippen molar-refractivity contribution in [2.24, 2.45) is 0 Å². The second-order valence-corrected chi connectivity index (χ2v) is 7.92. The second kappa shape index (κ2) is 10.6. The minimum absolute atomic E-state index is 0.0261. The first kappa shape index (κ1) is 25.1. The highest BCUT2D eigenvalue weighted by Crippen LogP contribution is 2.28. The van der Waals surface area contributed by atoms with Crippen molar-refractivity contribution in [1.29, 1.82) is 5.26 Å². The normalized spacial score (nSPS) is 11.0. The van der Waals surface area contributed by atoms with Crippen LogP contribution in [0.1, 0.15) is 28.1 Å². The van der Waals surface area contributed by atoms with Crippen LogP contribution in [0.25, 0.3) is 11.8 Å². The van der Waals surface area contributed by atoms with Gasteiger partial charge in [0.2, 0.25) is 0 Å². The molecule has 0 unspecified atom stereocenters. The van der Waals surface area contributed by atoms with Crippen LogP contribution in [0.4, 0.5) is 5.69 Å². The fourth-order valence-corrected chi connectivity index (χ4v) is 3.84. The molecule has 9 nitrogen and oxygen atoms in total. The van der Waals surface area contributed by atoms with Crippen LogP contribution in [-0.2, 0) is 11.3 Å². The molecule has 1 aromatic heterocycles. The van der Waals surface area contributed by atoms with Gasteiger partial charge in [-0.3, -0.25) is 14.9 Å². The highest BCUT2D eigenvalue weighted by Gasteiger charge is 2.17. The van der Waals surface area contributed by atoms with Crippen molar-refractivity contribution < 1.29 is 19.2 Å². The highest BCUT2D eigenvalue weighted by molar-refractivity contribution is 6.01. The number of rotatable bonds is 8. The lowest BCUT2D eigenvalue weighted by Gasteiger charge is -2.11. The Morgan fingerprint density at radius 3 is 2.51 bits per heavy atom. The number of hydrogen-bond acceptors (Lipinski definition) is 6. The van der Waals surface area contributed by atoms with E-state index in [9.17, 15) is 20.2 Å². The first-order valence-corrected chi connectivity index (χ1v) is 10.7. The quantitative estimate of drug-likeness (QED) is 0.221. The van der Waals surface area contributed by atoms with Crippen molar-refractivity contribution >= 4 is 17.7 Å². The number of hydrogen-bond donors (Lipinski definition) is 1. The van der Waals surface area contributed by atoms with Crippen molar-refractivity contribution in [2.75, 3.05) is 14.2 Å². The first-order chi connectivity index (χ1) is 16.7. The SMILES string of the molecule is COc1ccc(CNC(=O)/C(C#N)=C/c2cc(C)n(-c3ccc(C)c([N+](=O)[O-])c3)c2C)c(OC)c1. The molecule has 0 saturated heterocycles. The topological polar surface area (TPSA) is 119 Å². The molecule has 0 bridgehead atoms. The van der Waals surface area contributed by atoms with Gasteiger partial charge in [-0.15, -0.1) is 0 Å². The van der Waals surface area contributed by atoms with Gasteiger partial charge in [-0.05, 0) is 56.7 Å². The molecule has 0 aliphatic rings. The molecule has 0 spiro atoms. The maximum atomic E-state index is 12.8. The van der Waals surface area contributed by atoms with E-state index in [1.807, 2.05) is 30.6 Å². The Hall–Kier alpha value is -4.58. The summed E-state index contributed by atoms with van der Waals surface area (Å²) < 4.78 is 12.4. The third kappa shape index (κ3) is 5.33. The maximum Gasteiger partial charge on any atom is 0.274 e. The number of amides is 1. The zero-order chi connectivity index (χ0) is 25.7. The molecule has 9 heteroatoms. The van der Waals surface area contributed by atoms with Crippen molar-refractivity contribution in [2.45, 2.75) is 27.3 Å². The molecule has 180 valence electrons. The van der Waals surface area contributed by atoms with E-state index in [0.717, 1.165) is 17.0 Å². The third-order valence-corrected chi connectivity index (χ3v) is 5.72. The number of nitrogens with one attached hydrogen (secondary N) is 1. The van der Waals surface area contributed by atoms with Crippen LogP contribution in [0.5, 0.6) is 11.5 Å². The summed E-state index contributed by atoms with van der Waals surface area (Å²) in [6, 6.07) is 14.1. The van der Waals surface area contributed by atoms with Gasteiger partial charge in [0.15, 0.2) is 0 Å². The van der Waals surface area contributed by atoms with Crippen LogP contribution < -0.4 is 14.8 Å². The molecule has 3 rings (SSSR count). The third-order valence-electron chi connectivity index (χ3n) is 5.72. The summed E-state index contributed by atoms with van der Waals surface area (Å²) in [6.07, 6.45) is 1.52. The predicted octanol–water partition coefficient (Wildman–Crippen LogP) is 4.55. The van der Waals surface area contributed by atoms with E-state index in [1.165, 1.54) is 19.3 Å². The van der Waals surface area contributed by atoms with E-state index in [0.29, 0.717) is 28.3 Å². The molecule has 35 heavy (non-hydrogen) atoms. The molecule has 1 amide bonds. The standard InChI is InChI=1S/C26H26N4O5/c1-16-6-8-22(12-24(16)30(32)33)29-17(2)10-20(18(29)3)11-21(14-27)26(31)28-15-19-7-9-23(34-4)13-25(19)35-5/h6-13H,15H2,1-5H3,(H,28,31)/b21-11+. The summed E-state index contributed by atoms with van der Waals surface area (Å²) in [4.78, 5) is 23.7. The minimum atomic E-state index is -0.527. The Labute approximate surface area is 203 Å². The molecular formula is C26H26N4O5. The average molecular weight is 475 g/mol. The predicted molar refractivity (Wildman–Crippen MR) is 132 cm³/mol. The molecule has 0 radical (unpaired) electrons. The van der Waals surface area contributed by atoms with E-state index < -0.39 is 10.8 Å². The Morgan fingerprint density at radius 2 is 1.89 bits per heavy atom. The molecule has 0 fully saturated rings. The number of aryl methyl sites for hydroxylation is 2. The number of nitro groups is 1. The molecule has 0 aliphatic heterocycles. The van der Waals surface area contributed by atoms with Gasteiger partial charge in [0.25, 0.3) is 11.6 Å². The van der Waals surface area contributed by atoms with Crippen LogP contribution in [0.15, 0.2) is 48.0 Å². The van der Waals surface area contributed by atoms with E-state index in [-0.39, 0.29) is 17.8 Å². The highest BCUT2D eigenvalue weighted by atomic mass is 16.6. The van der Waals surface area contributed by atoms with Gasteiger partial charge in [0.05, 0.1) is 24.8 Å². The fraction of sp³-hybridized carbons (Fsp3) is 0.231.